The Morgan fingerprint density at radius 2 is 1.77 bits per heavy atom. The molecule has 4 nitrogen and oxygen atoms in total. The van der Waals surface area contributed by atoms with Crippen molar-refractivity contribution >= 4 is 0 Å². The number of aryl methyl sites for hydroxylation is 2. The number of nitrogens with zero attached hydrogens (tertiary/aromatic N) is 3. The van der Waals surface area contributed by atoms with Gasteiger partial charge in [0, 0.05) is 26.0 Å². The monoisotopic (exact) mass is 301 g/mol. The Hall–Kier alpha value is -1.65. The highest BCUT2D eigenvalue weighted by Gasteiger charge is 2.12. The van der Waals surface area contributed by atoms with Crippen LogP contribution in [0.1, 0.15) is 37.2 Å². The Morgan fingerprint density at radius 3 is 2.32 bits per heavy atom. The molecule has 2 aromatic rings. The van der Waals surface area contributed by atoms with Crippen molar-refractivity contribution in [2.24, 2.45) is 7.05 Å². The maximum atomic E-state index is 9.78. The first kappa shape index (κ1) is 16.7. The molecule has 0 amide bonds. The molecule has 22 heavy (non-hydrogen) atoms. The normalized spacial score (nSPS) is 12.1. The van der Waals surface area contributed by atoms with Crippen molar-refractivity contribution in [2.75, 3.05) is 7.05 Å². The average Bonchev–Trinajstić information content (AvgIpc) is 2.82. The molecular weight excluding hydrogens is 274 g/mol. The Bertz CT molecular complexity index is 581. The van der Waals surface area contributed by atoms with E-state index in [2.05, 4.69) is 45.8 Å². The average molecular weight is 301 g/mol. The molecule has 0 radical (unpaired) electrons. The number of imidazole rings is 1. The molecule has 0 saturated heterocycles. The second-order valence-electron chi connectivity index (χ2n) is 6.76. The van der Waals surface area contributed by atoms with Gasteiger partial charge in [-0.05, 0) is 44.9 Å². The number of aromatic nitrogens is 2. The highest BCUT2D eigenvalue weighted by molar-refractivity contribution is 5.22. The van der Waals surface area contributed by atoms with Crippen molar-refractivity contribution in [2.45, 2.75) is 45.4 Å². The third-order valence-electron chi connectivity index (χ3n) is 3.83. The highest BCUT2D eigenvalue weighted by Crippen LogP contribution is 2.14. The summed E-state index contributed by atoms with van der Waals surface area (Å²) in [6.45, 7) is 5.45. The second-order valence-corrected chi connectivity index (χ2v) is 6.76. The van der Waals surface area contributed by atoms with Crippen LogP contribution in [0.4, 0.5) is 0 Å². The van der Waals surface area contributed by atoms with Gasteiger partial charge in [-0.1, -0.05) is 24.3 Å². The van der Waals surface area contributed by atoms with E-state index in [4.69, 9.17) is 0 Å². The predicted octanol–water partition coefficient (Wildman–Crippen LogP) is 2.76. The third-order valence-corrected chi connectivity index (χ3v) is 3.83. The van der Waals surface area contributed by atoms with E-state index in [-0.39, 0.29) is 0 Å². The van der Waals surface area contributed by atoms with Crippen molar-refractivity contribution in [1.82, 2.24) is 14.5 Å². The van der Waals surface area contributed by atoms with Crippen LogP contribution >= 0.6 is 0 Å². The predicted molar refractivity (Wildman–Crippen MR) is 89.4 cm³/mol. The smallest absolute Gasteiger partial charge is 0.122 e. The van der Waals surface area contributed by atoms with E-state index in [0.717, 1.165) is 31.8 Å². The van der Waals surface area contributed by atoms with Crippen LogP contribution < -0.4 is 0 Å². The summed E-state index contributed by atoms with van der Waals surface area (Å²) in [5.74, 6) is 1.07. The molecule has 1 aromatic carbocycles. The minimum atomic E-state index is -0.596. The zero-order chi connectivity index (χ0) is 16.2. The number of rotatable bonds is 7. The van der Waals surface area contributed by atoms with Crippen LogP contribution in [0.15, 0.2) is 36.7 Å². The Morgan fingerprint density at radius 1 is 1.14 bits per heavy atom. The largest absolute Gasteiger partial charge is 0.390 e. The summed E-state index contributed by atoms with van der Waals surface area (Å²) in [6, 6.07) is 8.68. The van der Waals surface area contributed by atoms with Gasteiger partial charge >= 0.3 is 0 Å². The number of hydrogen-bond donors (Lipinski definition) is 1. The van der Waals surface area contributed by atoms with Gasteiger partial charge in [0.05, 0.1) is 12.1 Å². The zero-order valence-corrected chi connectivity index (χ0v) is 14.1. The molecule has 0 aliphatic heterocycles. The van der Waals surface area contributed by atoms with Crippen LogP contribution in [0, 0.1) is 0 Å². The van der Waals surface area contributed by atoms with Gasteiger partial charge in [-0.15, -0.1) is 0 Å². The van der Waals surface area contributed by atoms with Gasteiger partial charge in [-0.25, -0.2) is 4.98 Å². The zero-order valence-electron chi connectivity index (χ0n) is 14.1. The summed E-state index contributed by atoms with van der Waals surface area (Å²) >= 11 is 0. The van der Waals surface area contributed by atoms with Gasteiger partial charge < -0.3 is 9.67 Å². The van der Waals surface area contributed by atoms with Gasteiger partial charge in [-0.3, -0.25) is 4.90 Å². The molecule has 0 spiro atoms. The van der Waals surface area contributed by atoms with E-state index in [0.29, 0.717) is 0 Å². The maximum absolute atomic E-state index is 9.78. The van der Waals surface area contributed by atoms with Gasteiger partial charge in [-0.2, -0.15) is 0 Å². The minimum absolute atomic E-state index is 0.596. The van der Waals surface area contributed by atoms with Gasteiger partial charge in [0.1, 0.15) is 5.82 Å². The molecule has 0 atom stereocenters. The molecule has 0 fully saturated rings. The van der Waals surface area contributed by atoms with Gasteiger partial charge in [0.2, 0.25) is 0 Å². The van der Waals surface area contributed by atoms with Crippen molar-refractivity contribution in [3.05, 3.63) is 53.6 Å². The van der Waals surface area contributed by atoms with Gasteiger partial charge in [0.25, 0.3) is 0 Å². The first-order chi connectivity index (χ1) is 10.3. The molecule has 0 unspecified atom stereocenters. The standard InChI is InChI=1S/C18H27N3O/c1-18(2,22)10-9-15-5-7-16(8-6-15)13-20(3)14-17-19-11-12-21(17)4/h5-8,11-12,22H,9-10,13-14H2,1-4H3. The lowest BCUT2D eigenvalue weighted by atomic mass is 9.98. The van der Waals surface area contributed by atoms with E-state index in [1.54, 1.807) is 0 Å². The van der Waals surface area contributed by atoms with Crippen LogP contribution in [0.5, 0.6) is 0 Å². The third kappa shape index (κ3) is 5.28. The van der Waals surface area contributed by atoms with Crippen molar-refractivity contribution in [1.29, 1.82) is 0 Å². The fraction of sp³-hybridized carbons (Fsp3) is 0.500. The summed E-state index contributed by atoms with van der Waals surface area (Å²) in [4.78, 5) is 6.61. The molecule has 120 valence electrons. The fourth-order valence-corrected chi connectivity index (χ4v) is 2.42. The van der Waals surface area contributed by atoms with E-state index in [1.165, 1.54) is 11.1 Å². The second kappa shape index (κ2) is 7.07. The molecule has 0 aliphatic carbocycles. The SMILES string of the molecule is CN(Cc1ccc(CCC(C)(C)O)cc1)Cc1nccn1C. The van der Waals surface area contributed by atoms with Crippen molar-refractivity contribution in [3.63, 3.8) is 0 Å². The molecule has 1 heterocycles. The first-order valence-corrected chi connectivity index (χ1v) is 7.78. The fourth-order valence-electron chi connectivity index (χ4n) is 2.42. The Labute approximate surface area is 133 Å². The van der Waals surface area contributed by atoms with Crippen LogP contribution in [-0.2, 0) is 26.6 Å². The Kier molecular flexibility index (Phi) is 5.37. The summed E-state index contributed by atoms with van der Waals surface area (Å²) in [7, 11) is 4.13. The Balaban J connectivity index is 1.87. The van der Waals surface area contributed by atoms with Crippen LogP contribution in [0.25, 0.3) is 0 Å². The summed E-state index contributed by atoms with van der Waals surface area (Å²) in [6.07, 6.45) is 5.50. The van der Waals surface area contributed by atoms with E-state index >= 15 is 0 Å². The van der Waals surface area contributed by atoms with E-state index in [9.17, 15) is 5.11 Å². The molecule has 0 saturated carbocycles. The molecule has 0 bridgehead atoms. The quantitative estimate of drug-likeness (QED) is 0.855. The summed E-state index contributed by atoms with van der Waals surface area (Å²) < 4.78 is 2.05. The van der Waals surface area contributed by atoms with Crippen LogP contribution in [0.3, 0.4) is 0 Å². The lowest BCUT2D eigenvalue weighted by Gasteiger charge is -2.18. The maximum Gasteiger partial charge on any atom is 0.122 e. The van der Waals surface area contributed by atoms with E-state index in [1.807, 2.05) is 33.3 Å². The van der Waals surface area contributed by atoms with Crippen molar-refractivity contribution in [3.8, 4) is 0 Å². The lowest BCUT2D eigenvalue weighted by molar-refractivity contribution is 0.0714. The van der Waals surface area contributed by atoms with Gasteiger partial charge in [0.15, 0.2) is 0 Å². The number of hydrogen-bond acceptors (Lipinski definition) is 3. The highest BCUT2D eigenvalue weighted by atomic mass is 16.3. The number of aliphatic hydroxyl groups is 1. The van der Waals surface area contributed by atoms with Crippen LogP contribution in [-0.4, -0.2) is 32.2 Å². The van der Waals surface area contributed by atoms with E-state index < -0.39 is 5.60 Å². The van der Waals surface area contributed by atoms with Crippen molar-refractivity contribution < 1.29 is 5.11 Å². The molecule has 0 aliphatic rings. The minimum Gasteiger partial charge on any atom is -0.390 e. The molecule has 4 heteroatoms. The topological polar surface area (TPSA) is 41.3 Å². The first-order valence-electron chi connectivity index (χ1n) is 7.78. The molecule has 1 aromatic heterocycles. The lowest BCUT2D eigenvalue weighted by Crippen LogP contribution is -2.20. The number of benzene rings is 1. The molecule has 1 N–H and O–H groups in total. The molecule has 2 rings (SSSR count). The summed E-state index contributed by atoms with van der Waals surface area (Å²) in [5, 5.41) is 9.78. The van der Waals surface area contributed by atoms with Crippen LogP contribution in [0.2, 0.25) is 0 Å². The molecular formula is C18H27N3O. The summed E-state index contributed by atoms with van der Waals surface area (Å²) in [5.41, 5.74) is 1.97.